The third-order valence-electron chi connectivity index (χ3n) is 1.34. The van der Waals surface area contributed by atoms with E-state index >= 15 is 0 Å². The molecule has 1 aromatic heterocycles. The highest BCUT2D eigenvalue weighted by molar-refractivity contribution is 6.01. The highest BCUT2D eigenvalue weighted by Crippen LogP contribution is 2.07. The van der Waals surface area contributed by atoms with Gasteiger partial charge in [-0.05, 0) is 6.07 Å². The first-order valence-electron chi connectivity index (χ1n) is 3.18. The van der Waals surface area contributed by atoms with E-state index in [0.29, 0.717) is 11.3 Å². The number of Topliss-reactive ketones (excluding diaryl/α,β-unsaturated/α-hetero) is 1. The van der Waals surface area contributed by atoms with Crippen LogP contribution in [0.15, 0.2) is 18.5 Å². The third-order valence-corrected chi connectivity index (χ3v) is 1.34. The first-order valence-corrected chi connectivity index (χ1v) is 3.18. The van der Waals surface area contributed by atoms with Crippen molar-refractivity contribution in [1.29, 1.82) is 0 Å². The van der Waals surface area contributed by atoms with Gasteiger partial charge in [0.2, 0.25) is 0 Å². The summed E-state index contributed by atoms with van der Waals surface area (Å²) < 4.78 is 0. The number of carbonyl (C=O) groups is 1. The van der Waals surface area contributed by atoms with Crippen molar-refractivity contribution in [2.24, 2.45) is 5.73 Å². The number of pyridine rings is 1. The van der Waals surface area contributed by atoms with Gasteiger partial charge >= 0.3 is 0 Å². The van der Waals surface area contributed by atoms with E-state index in [1.807, 2.05) is 0 Å². The Morgan fingerprint density at radius 1 is 1.64 bits per heavy atom. The van der Waals surface area contributed by atoms with Crippen LogP contribution in [0.5, 0.6) is 0 Å². The highest BCUT2D eigenvalue weighted by atomic mass is 16.1. The van der Waals surface area contributed by atoms with Gasteiger partial charge in [0, 0.05) is 11.8 Å². The Morgan fingerprint density at radius 2 is 2.36 bits per heavy atom. The fourth-order valence-electron chi connectivity index (χ4n) is 0.771. The first-order chi connectivity index (χ1) is 5.25. The monoisotopic (exact) mass is 151 g/mol. The molecule has 1 aromatic rings. The summed E-state index contributed by atoms with van der Waals surface area (Å²) in [5.41, 5.74) is 11.4. The molecule has 0 fully saturated rings. The Morgan fingerprint density at radius 3 is 2.91 bits per heavy atom. The van der Waals surface area contributed by atoms with E-state index in [4.69, 9.17) is 11.5 Å². The standard InChI is InChI=1S/C7H9N3O/c8-3-7(11)5-1-2-10-4-6(5)9/h1-2,4H,3,8-9H2. The first kappa shape index (κ1) is 7.68. The van der Waals surface area contributed by atoms with Crippen LogP contribution < -0.4 is 11.5 Å². The van der Waals surface area contributed by atoms with Crippen molar-refractivity contribution in [3.8, 4) is 0 Å². The number of aromatic nitrogens is 1. The van der Waals surface area contributed by atoms with Crippen molar-refractivity contribution in [3.63, 3.8) is 0 Å². The number of anilines is 1. The highest BCUT2D eigenvalue weighted by Gasteiger charge is 2.05. The molecular weight excluding hydrogens is 142 g/mol. The van der Waals surface area contributed by atoms with Crippen LogP contribution in [0.25, 0.3) is 0 Å². The summed E-state index contributed by atoms with van der Waals surface area (Å²) in [7, 11) is 0. The Labute approximate surface area is 64.2 Å². The molecule has 4 nitrogen and oxygen atoms in total. The van der Waals surface area contributed by atoms with Crippen LogP contribution in [0.1, 0.15) is 10.4 Å². The molecule has 0 spiro atoms. The molecule has 0 aliphatic carbocycles. The largest absolute Gasteiger partial charge is 0.397 e. The molecule has 0 aliphatic rings. The van der Waals surface area contributed by atoms with E-state index in [0.717, 1.165) is 0 Å². The van der Waals surface area contributed by atoms with Crippen molar-refractivity contribution in [3.05, 3.63) is 24.0 Å². The van der Waals surface area contributed by atoms with E-state index < -0.39 is 0 Å². The van der Waals surface area contributed by atoms with E-state index in [1.165, 1.54) is 12.4 Å². The number of rotatable bonds is 2. The van der Waals surface area contributed by atoms with E-state index in [1.54, 1.807) is 6.07 Å². The van der Waals surface area contributed by atoms with Crippen molar-refractivity contribution in [1.82, 2.24) is 4.98 Å². The minimum absolute atomic E-state index is 0.0196. The van der Waals surface area contributed by atoms with Gasteiger partial charge in [0.1, 0.15) is 0 Å². The molecule has 0 aromatic carbocycles. The summed E-state index contributed by atoms with van der Waals surface area (Å²) in [5, 5.41) is 0. The minimum Gasteiger partial charge on any atom is -0.397 e. The summed E-state index contributed by atoms with van der Waals surface area (Å²) in [6, 6.07) is 1.56. The van der Waals surface area contributed by atoms with Crippen molar-refractivity contribution in [2.75, 3.05) is 12.3 Å². The number of carbonyl (C=O) groups excluding carboxylic acids is 1. The average Bonchev–Trinajstić information content (AvgIpc) is 2.04. The zero-order chi connectivity index (χ0) is 8.27. The number of nitrogens with zero attached hydrogens (tertiary/aromatic N) is 1. The van der Waals surface area contributed by atoms with E-state index in [2.05, 4.69) is 4.98 Å². The summed E-state index contributed by atoms with van der Waals surface area (Å²) in [4.78, 5) is 14.7. The molecule has 0 saturated heterocycles. The van der Waals surface area contributed by atoms with Crippen LogP contribution in [-0.4, -0.2) is 17.3 Å². The summed E-state index contributed by atoms with van der Waals surface area (Å²) in [5.74, 6) is -0.162. The fourth-order valence-corrected chi connectivity index (χ4v) is 0.771. The summed E-state index contributed by atoms with van der Waals surface area (Å²) >= 11 is 0. The lowest BCUT2D eigenvalue weighted by Gasteiger charge is -1.99. The lowest BCUT2D eigenvalue weighted by atomic mass is 10.1. The number of hydrogen-bond acceptors (Lipinski definition) is 4. The predicted molar refractivity (Wildman–Crippen MR) is 42.0 cm³/mol. The van der Waals surface area contributed by atoms with Crippen LogP contribution >= 0.6 is 0 Å². The number of hydrogen-bond donors (Lipinski definition) is 2. The maximum Gasteiger partial charge on any atom is 0.178 e. The molecule has 0 amide bonds. The Hall–Kier alpha value is -1.42. The molecule has 1 rings (SSSR count). The summed E-state index contributed by atoms with van der Waals surface area (Å²) in [6.07, 6.45) is 2.95. The summed E-state index contributed by atoms with van der Waals surface area (Å²) in [6.45, 7) is -0.0196. The number of nitrogens with two attached hydrogens (primary N) is 2. The van der Waals surface area contributed by atoms with Gasteiger partial charge in [-0.2, -0.15) is 0 Å². The van der Waals surface area contributed by atoms with Crippen LogP contribution in [0.2, 0.25) is 0 Å². The zero-order valence-electron chi connectivity index (χ0n) is 5.95. The van der Waals surface area contributed by atoms with Gasteiger partial charge in [-0.25, -0.2) is 0 Å². The molecule has 0 aliphatic heterocycles. The molecule has 0 bridgehead atoms. The van der Waals surface area contributed by atoms with Gasteiger partial charge in [0.25, 0.3) is 0 Å². The van der Waals surface area contributed by atoms with E-state index in [-0.39, 0.29) is 12.3 Å². The predicted octanol–water partition coefficient (Wildman–Crippen LogP) is -0.195. The second-order valence-corrected chi connectivity index (χ2v) is 2.09. The number of nitrogen functional groups attached to an aromatic ring is 1. The molecule has 0 atom stereocenters. The molecule has 58 valence electrons. The molecule has 0 radical (unpaired) electrons. The maximum atomic E-state index is 11.0. The molecule has 0 unspecified atom stereocenters. The number of ketones is 1. The smallest absolute Gasteiger partial charge is 0.178 e. The minimum atomic E-state index is -0.162. The van der Waals surface area contributed by atoms with Crippen LogP contribution in [0.4, 0.5) is 5.69 Å². The molecule has 0 saturated carbocycles. The molecule has 11 heavy (non-hydrogen) atoms. The topological polar surface area (TPSA) is 82.0 Å². The molecule has 1 heterocycles. The second kappa shape index (κ2) is 3.12. The van der Waals surface area contributed by atoms with Crippen molar-refractivity contribution >= 4 is 11.5 Å². The lowest BCUT2D eigenvalue weighted by Crippen LogP contribution is -2.15. The SMILES string of the molecule is NCC(=O)c1ccncc1N. The Kier molecular flexibility index (Phi) is 2.18. The Bertz CT molecular complexity index is 272. The second-order valence-electron chi connectivity index (χ2n) is 2.09. The van der Waals surface area contributed by atoms with Gasteiger partial charge in [0.15, 0.2) is 5.78 Å². The quantitative estimate of drug-likeness (QED) is 0.574. The van der Waals surface area contributed by atoms with Gasteiger partial charge in [-0.1, -0.05) is 0 Å². The van der Waals surface area contributed by atoms with Gasteiger partial charge < -0.3 is 11.5 Å². The van der Waals surface area contributed by atoms with E-state index in [9.17, 15) is 4.79 Å². The van der Waals surface area contributed by atoms with Crippen molar-refractivity contribution < 1.29 is 4.79 Å². The van der Waals surface area contributed by atoms with Crippen LogP contribution in [0.3, 0.4) is 0 Å². The maximum absolute atomic E-state index is 11.0. The molecule has 4 N–H and O–H groups in total. The van der Waals surface area contributed by atoms with Gasteiger partial charge in [-0.15, -0.1) is 0 Å². The van der Waals surface area contributed by atoms with Gasteiger partial charge in [0.05, 0.1) is 18.4 Å². The third kappa shape index (κ3) is 1.53. The Balaban J connectivity index is 3.03. The van der Waals surface area contributed by atoms with Crippen LogP contribution in [-0.2, 0) is 0 Å². The van der Waals surface area contributed by atoms with Crippen LogP contribution in [0, 0.1) is 0 Å². The van der Waals surface area contributed by atoms with Crippen molar-refractivity contribution in [2.45, 2.75) is 0 Å². The normalized spacial score (nSPS) is 9.55. The average molecular weight is 151 g/mol. The molecular formula is C7H9N3O. The van der Waals surface area contributed by atoms with Gasteiger partial charge in [-0.3, -0.25) is 9.78 Å². The lowest BCUT2D eigenvalue weighted by molar-refractivity contribution is 0.100. The molecule has 4 heteroatoms. The zero-order valence-corrected chi connectivity index (χ0v) is 5.95. The fraction of sp³-hybridized carbons (Fsp3) is 0.143.